The zero-order chi connectivity index (χ0) is 13.1. The van der Waals surface area contributed by atoms with Crippen LogP contribution in [-0.2, 0) is 4.79 Å². The Hall–Kier alpha value is -1.30. The van der Waals surface area contributed by atoms with E-state index < -0.39 is 0 Å². The van der Waals surface area contributed by atoms with E-state index in [1.807, 2.05) is 4.90 Å². The second kappa shape index (κ2) is 5.56. The number of likely N-dealkylation sites (tertiary alicyclic amines) is 1. The standard InChI is InChI=1S/C12H16BrN3O2/c1-15(8-11(17)16-4-2-3-5-16)12(18)10-6-9(13)7-14-10/h6-7,14H,2-5,8H2,1H3. The van der Waals surface area contributed by atoms with Crippen LogP contribution in [0.4, 0.5) is 0 Å². The molecule has 1 aromatic heterocycles. The van der Waals surface area contributed by atoms with Crippen LogP contribution in [0.2, 0.25) is 0 Å². The van der Waals surface area contributed by atoms with Crippen LogP contribution in [0, 0.1) is 0 Å². The maximum atomic E-state index is 12.0. The molecule has 2 rings (SSSR count). The molecule has 1 aliphatic rings. The van der Waals surface area contributed by atoms with Crippen molar-refractivity contribution in [1.29, 1.82) is 0 Å². The topological polar surface area (TPSA) is 56.4 Å². The van der Waals surface area contributed by atoms with Crippen LogP contribution in [0.25, 0.3) is 0 Å². The van der Waals surface area contributed by atoms with Crippen molar-refractivity contribution in [3.05, 3.63) is 22.4 Å². The molecule has 2 amide bonds. The molecule has 1 saturated heterocycles. The molecule has 2 heterocycles. The minimum atomic E-state index is -0.173. The molecule has 1 N–H and O–H groups in total. The van der Waals surface area contributed by atoms with Crippen LogP contribution in [0.5, 0.6) is 0 Å². The first kappa shape index (κ1) is 13.1. The van der Waals surface area contributed by atoms with Gasteiger partial charge in [0.1, 0.15) is 5.69 Å². The van der Waals surface area contributed by atoms with E-state index in [1.54, 1.807) is 19.3 Å². The predicted octanol–water partition coefficient (Wildman–Crippen LogP) is 1.47. The molecule has 18 heavy (non-hydrogen) atoms. The van der Waals surface area contributed by atoms with Gasteiger partial charge in [0, 0.05) is 30.8 Å². The highest BCUT2D eigenvalue weighted by Crippen LogP contribution is 2.13. The molecule has 0 spiro atoms. The Labute approximate surface area is 114 Å². The largest absolute Gasteiger partial charge is 0.356 e. The maximum Gasteiger partial charge on any atom is 0.270 e. The fraction of sp³-hybridized carbons (Fsp3) is 0.500. The molecular formula is C12H16BrN3O2. The number of H-pyrrole nitrogens is 1. The van der Waals surface area contributed by atoms with Crippen LogP contribution >= 0.6 is 15.9 Å². The second-order valence-electron chi connectivity index (χ2n) is 4.48. The Morgan fingerprint density at radius 1 is 1.44 bits per heavy atom. The SMILES string of the molecule is CN(CC(=O)N1CCCC1)C(=O)c1cc(Br)c[nH]1. The summed E-state index contributed by atoms with van der Waals surface area (Å²) in [4.78, 5) is 30.0. The Morgan fingerprint density at radius 3 is 2.67 bits per heavy atom. The Bertz CT molecular complexity index is 452. The van der Waals surface area contributed by atoms with Gasteiger partial charge in [0.2, 0.25) is 5.91 Å². The summed E-state index contributed by atoms with van der Waals surface area (Å²) in [6, 6.07) is 1.71. The molecule has 98 valence electrons. The van der Waals surface area contributed by atoms with Crippen molar-refractivity contribution in [2.75, 3.05) is 26.7 Å². The molecule has 1 fully saturated rings. The van der Waals surface area contributed by atoms with Gasteiger partial charge in [0.05, 0.1) is 6.54 Å². The van der Waals surface area contributed by atoms with Crippen molar-refractivity contribution in [3.63, 3.8) is 0 Å². The van der Waals surface area contributed by atoms with Gasteiger partial charge in [-0.2, -0.15) is 0 Å². The summed E-state index contributed by atoms with van der Waals surface area (Å²) in [6.07, 6.45) is 3.82. The molecule has 0 bridgehead atoms. The number of rotatable bonds is 3. The third-order valence-electron chi connectivity index (χ3n) is 3.06. The highest BCUT2D eigenvalue weighted by molar-refractivity contribution is 9.10. The molecule has 5 nitrogen and oxygen atoms in total. The Balaban J connectivity index is 1.92. The number of hydrogen-bond acceptors (Lipinski definition) is 2. The van der Waals surface area contributed by atoms with Crippen molar-refractivity contribution < 1.29 is 9.59 Å². The summed E-state index contributed by atoms with van der Waals surface area (Å²) in [5.41, 5.74) is 0.485. The summed E-state index contributed by atoms with van der Waals surface area (Å²) in [6.45, 7) is 1.76. The normalized spacial score (nSPS) is 14.9. The predicted molar refractivity (Wildman–Crippen MR) is 71.3 cm³/mol. The van der Waals surface area contributed by atoms with Crippen LogP contribution in [0.15, 0.2) is 16.7 Å². The van der Waals surface area contributed by atoms with Gasteiger partial charge in [-0.15, -0.1) is 0 Å². The van der Waals surface area contributed by atoms with Crippen LogP contribution < -0.4 is 0 Å². The maximum absolute atomic E-state index is 12.0. The van der Waals surface area contributed by atoms with Crippen molar-refractivity contribution >= 4 is 27.7 Å². The molecule has 0 saturated carbocycles. The van der Waals surface area contributed by atoms with E-state index >= 15 is 0 Å². The molecule has 6 heteroatoms. The van der Waals surface area contributed by atoms with Gasteiger partial charge in [-0.05, 0) is 34.8 Å². The molecule has 0 aromatic carbocycles. The lowest BCUT2D eigenvalue weighted by Crippen LogP contribution is -2.39. The van der Waals surface area contributed by atoms with Gasteiger partial charge in [0.15, 0.2) is 0 Å². The number of nitrogens with one attached hydrogen (secondary N) is 1. The summed E-state index contributed by atoms with van der Waals surface area (Å²) < 4.78 is 0.824. The zero-order valence-electron chi connectivity index (χ0n) is 10.3. The van der Waals surface area contributed by atoms with Crippen molar-refractivity contribution in [3.8, 4) is 0 Å². The quantitative estimate of drug-likeness (QED) is 0.918. The van der Waals surface area contributed by atoms with Gasteiger partial charge in [-0.1, -0.05) is 0 Å². The summed E-state index contributed by atoms with van der Waals surface area (Å²) in [5.74, 6) is -0.151. The molecule has 0 atom stereocenters. The average molecular weight is 314 g/mol. The Morgan fingerprint density at radius 2 is 2.11 bits per heavy atom. The van der Waals surface area contributed by atoms with Crippen molar-refractivity contribution in [1.82, 2.24) is 14.8 Å². The second-order valence-corrected chi connectivity index (χ2v) is 5.40. The van der Waals surface area contributed by atoms with Crippen LogP contribution in [-0.4, -0.2) is 53.3 Å². The van der Waals surface area contributed by atoms with E-state index in [0.717, 1.165) is 30.4 Å². The van der Waals surface area contributed by atoms with E-state index in [2.05, 4.69) is 20.9 Å². The number of amides is 2. The number of nitrogens with zero attached hydrogens (tertiary/aromatic N) is 2. The van der Waals surface area contributed by atoms with Crippen LogP contribution in [0.1, 0.15) is 23.3 Å². The van der Waals surface area contributed by atoms with E-state index in [0.29, 0.717) is 5.69 Å². The lowest BCUT2D eigenvalue weighted by molar-refractivity contribution is -0.130. The van der Waals surface area contributed by atoms with Gasteiger partial charge >= 0.3 is 0 Å². The van der Waals surface area contributed by atoms with Crippen molar-refractivity contribution in [2.24, 2.45) is 0 Å². The number of halogens is 1. The lowest BCUT2D eigenvalue weighted by Gasteiger charge is -2.20. The monoisotopic (exact) mass is 313 g/mol. The minimum Gasteiger partial charge on any atom is -0.356 e. The fourth-order valence-electron chi connectivity index (χ4n) is 2.04. The first-order chi connectivity index (χ1) is 8.58. The fourth-order valence-corrected chi connectivity index (χ4v) is 2.38. The first-order valence-corrected chi connectivity index (χ1v) is 6.74. The minimum absolute atomic E-state index is 0.0222. The number of carbonyl (C=O) groups is 2. The smallest absolute Gasteiger partial charge is 0.270 e. The van der Waals surface area contributed by atoms with E-state index in [9.17, 15) is 9.59 Å². The van der Waals surface area contributed by atoms with E-state index in [-0.39, 0.29) is 18.4 Å². The van der Waals surface area contributed by atoms with Gasteiger partial charge in [-0.3, -0.25) is 9.59 Å². The van der Waals surface area contributed by atoms with Gasteiger partial charge in [-0.25, -0.2) is 0 Å². The van der Waals surface area contributed by atoms with Gasteiger partial charge in [0.25, 0.3) is 5.91 Å². The number of likely N-dealkylation sites (N-methyl/N-ethyl adjacent to an activating group) is 1. The molecule has 0 unspecified atom stereocenters. The number of carbonyl (C=O) groups excluding carboxylic acids is 2. The van der Waals surface area contributed by atoms with Crippen molar-refractivity contribution in [2.45, 2.75) is 12.8 Å². The molecule has 1 aromatic rings. The molecule has 0 aliphatic carbocycles. The highest BCUT2D eigenvalue weighted by atomic mass is 79.9. The molecular weight excluding hydrogens is 298 g/mol. The number of aromatic amines is 1. The molecule has 1 aliphatic heterocycles. The van der Waals surface area contributed by atoms with Gasteiger partial charge < -0.3 is 14.8 Å². The average Bonchev–Trinajstić information content (AvgIpc) is 2.98. The number of hydrogen-bond donors (Lipinski definition) is 1. The summed E-state index contributed by atoms with van der Waals surface area (Å²) in [5, 5.41) is 0. The molecule has 0 radical (unpaired) electrons. The van der Waals surface area contributed by atoms with E-state index in [4.69, 9.17) is 0 Å². The number of aromatic nitrogens is 1. The Kier molecular flexibility index (Phi) is 4.06. The third-order valence-corrected chi connectivity index (χ3v) is 3.51. The lowest BCUT2D eigenvalue weighted by atomic mass is 10.3. The zero-order valence-corrected chi connectivity index (χ0v) is 11.9. The third kappa shape index (κ3) is 2.93. The highest BCUT2D eigenvalue weighted by Gasteiger charge is 2.22. The first-order valence-electron chi connectivity index (χ1n) is 5.95. The summed E-state index contributed by atoms with van der Waals surface area (Å²) >= 11 is 3.28. The summed E-state index contributed by atoms with van der Waals surface area (Å²) in [7, 11) is 1.64. The van der Waals surface area contributed by atoms with Crippen LogP contribution in [0.3, 0.4) is 0 Å². The van der Waals surface area contributed by atoms with E-state index in [1.165, 1.54) is 4.90 Å².